The highest BCUT2D eigenvalue weighted by Gasteiger charge is 2.24. The van der Waals surface area contributed by atoms with Gasteiger partial charge < -0.3 is 15.0 Å². The number of imidazole rings is 1. The van der Waals surface area contributed by atoms with Crippen molar-refractivity contribution in [2.45, 2.75) is 50.8 Å². The molecule has 1 heterocycles. The highest BCUT2D eigenvalue weighted by atomic mass is 16.3. The van der Waals surface area contributed by atoms with E-state index in [1.807, 2.05) is 28.8 Å². The van der Waals surface area contributed by atoms with Crippen molar-refractivity contribution in [2.75, 3.05) is 0 Å². The fourth-order valence-corrected chi connectivity index (χ4v) is 2.97. The Balaban J connectivity index is 1.56. The molecule has 21 heavy (non-hydrogen) atoms. The first-order chi connectivity index (χ1) is 10.2. The van der Waals surface area contributed by atoms with Crippen LogP contribution in [0.5, 0.6) is 0 Å². The molecule has 1 amide bonds. The molecule has 2 unspecified atom stereocenters. The van der Waals surface area contributed by atoms with Gasteiger partial charge in [-0.1, -0.05) is 25.0 Å². The topological polar surface area (TPSA) is 67.2 Å². The van der Waals surface area contributed by atoms with Crippen molar-refractivity contribution in [3.05, 3.63) is 30.6 Å². The molecule has 5 heteroatoms. The van der Waals surface area contributed by atoms with E-state index < -0.39 is 6.10 Å². The quantitative estimate of drug-likeness (QED) is 0.901. The molecule has 1 aliphatic rings. The summed E-state index contributed by atoms with van der Waals surface area (Å²) in [5.74, 6) is -0.00117. The first-order valence-electron chi connectivity index (χ1n) is 7.61. The Morgan fingerprint density at radius 1 is 1.33 bits per heavy atom. The number of aromatic nitrogens is 2. The average Bonchev–Trinajstić information content (AvgIpc) is 2.91. The zero-order valence-electron chi connectivity index (χ0n) is 12.0. The van der Waals surface area contributed by atoms with Crippen molar-refractivity contribution in [1.82, 2.24) is 14.9 Å². The number of aliphatic hydroxyl groups excluding tert-OH is 1. The molecule has 0 aliphatic heterocycles. The van der Waals surface area contributed by atoms with Crippen LogP contribution in [0.4, 0.5) is 0 Å². The highest BCUT2D eigenvalue weighted by molar-refractivity contribution is 5.77. The van der Waals surface area contributed by atoms with Gasteiger partial charge in [0.25, 0.3) is 0 Å². The first-order valence-corrected chi connectivity index (χ1v) is 7.61. The lowest BCUT2D eigenvalue weighted by Crippen LogP contribution is -2.45. The van der Waals surface area contributed by atoms with Gasteiger partial charge in [-0.25, -0.2) is 4.98 Å². The fraction of sp³-hybridized carbons (Fsp3) is 0.500. The van der Waals surface area contributed by atoms with Gasteiger partial charge in [-0.05, 0) is 25.0 Å². The van der Waals surface area contributed by atoms with Crippen molar-refractivity contribution in [3.8, 4) is 0 Å². The molecule has 1 fully saturated rings. The van der Waals surface area contributed by atoms with E-state index >= 15 is 0 Å². The summed E-state index contributed by atoms with van der Waals surface area (Å²) in [6.45, 7) is 0.606. The third kappa shape index (κ3) is 3.24. The van der Waals surface area contributed by atoms with E-state index in [1.165, 1.54) is 0 Å². The summed E-state index contributed by atoms with van der Waals surface area (Å²) in [7, 11) is 0. The Kier molecular flexibility index (Phi) is 4.20. The van der Waals surface area contributed by atoms with Gasteiger partial charge in [0.1, 0.15) is 0 Å². The number of nitrogens with zero attached hydrogens (tertiary/aromatic N) is 2. The van der Waals surface area contributed by atoms with E-state index in [4.69, 9.17) is 0 Å². The van der Waals surface area contributed by atoms with Crippen LogP contribution in [-0.2, 0) is 11.3 Å². The van der Waals surface area contributed by atoms with Crippen molar-refractivity contribution in [2.24, 2.45) is 0 Å². The maximum Gasteiger partial charge on any atom is 0.222 e. The van der Waals surface area contributed by atoms with Gasteiger partial charge in [-0.3, -0.25) is 4.79 Å². The van der Waals surface area contributed by atoms with Crippen LogP contribution < -0.4 is 5.32 Å². The summed E-state index contributed by atoms with van der Waals surface area (Å²) in [4.78, 5) is 16.3. The van der Waals surface area contributed by atoms with E-state index in [0.717, 1.165) is 36.7 Å². The van der Waals surface area contributed by atoms with Crippen molar-refractivity contribution < 1.29 is 9.90 Å². The molecule has 2 aromatic rings. The predicted octanol–water partition coefficient (Wildman–Crippen LogP) is 1.85. The van der Waals surface area contributed by atoms with Crippen molar-refractivity contribution in [3.63, 3.8) is 0 Å². The molecule has 0 bridgehead atoms. The Labute approximate surface area is 124 Å². The van der Waals surface area contributed by atoms with Crippen LogP contribution in [-0.4, -0.2) is 32.7 Å². The smallest absolute Gasteiger partial charge is 0.222 e. The van der Waals surface area contributed by atoms with E-state index in [-0.39, 0.29) is 11.9 Å². The molecule has 1 aliphatic carbocycles. The van der Waals surface area contributed by atoms with Crippen LogP contribution in [0.25, 0.3) is 11.0 Å². The molecule has 1 aromatic heterocycles. The van der Waals surface area contributed by atoms with E-state index in [9.17, 15) is 9.90 Å². The SMILES string of the molecule is O=C(CCn1cnc2ccccc21)NC1CCCCC1O. The number of hydrogen-bond donors (Lipinski definition) is 2. The lowest BCUT2D eigenvalue weighted by molar-refractivity contribution is -0.123. The molecular formula is C16H21N3O2. The van der Waals surface area contributed by atoms with E-state index in [1.54, 1.807) is 6.33 Å². The number of rotatable bonds is 4. The number of carbonyl (C=O) groups is 1. The summed E-state index contributed by atoms with van der Waals surface area (Å²) in [5, 5.41) is 12.8. The second-order valence-corrected chi connectivity index (χ2v) is 5.70. The summed E-state index contributed by atoms with van der Waals surface area (Å²) < 4.78 is 1.99. The number of benzene rings is 1. The normalized spacial score (nSPS) is 22.3. The number of nitrogens with one attached hydrogen (secondary N) is 1. The fourth-order valence-electron chi connectivity index (χ4n) is 2.97. The second kappa shape index (κ2) is 6.26. The largest absolute Gasteiger partial charge is 0.391 e. The number of fused-ring (bicyclic) bond motifs is 1. The molecular weight excluding hydrogens is 266 g/mol. The van der Waals surface area contributed by atoms with Crippen LogP contribution in [0.2, 0.25) is 0 Å². The lowest BCUT2D eigenvalue weighted by atomic mass is 9.92. The molecule has 0 spiro atoms. The minimum Gasteiger partial charge on any atom is -0.391 e. The van der Waals surface area contributed by atoms with Crippen LogP contribution in [0, 0.1) is 0 Å². The molecule has 1 aromatic carbocycles. The van der Waals surface area contributed by atoms with Gasteiger partial charge in [0.15, 0.2) is 0 Å². The third-order valence-electron chi connectivity index (χ3n) is 4.18. The Hall–Kier alpha value is -1.88. The Morgan fingerprint density at radius 3 is 3.00 bits per heavy atom. The number of hydrogen-bond acceptors (Lipinski definition) is 3. The number of para-hydroxylation sites is 2. The van der Waals surface area contributed by atoms with E-state index in [2.05, 4.69) is 10.3 Å². The van der Waals surface area contributed by atoms with Crippen LogP contribution in [0.3, 0.4) is 0 Å². The lowest BCUT2D eigenvalue weighted by Gasteiger charge is -2.28. The van der Waals surface area contributed by atoms with Gasteiger partial charge in [-0.15, -0.1) is 0 Å². The maximum absolute atomic E-state index is 12.0. The summed E-state index contributed by atoms with van der Waals surface area (Å²) in [6, 6.07) is 7.82. The average molecular weight is 287 g/mol. The van der Waals surface area contributed by atoms with Crippen LogP contribution in [0.1, 0.15) is 32.1 Å². The maximum atomic E-state index is 12.0. The molecule has 0 radical (unpaired) electrons. The van der Waals surface area contributed by atoms with Gasteiger partial charge >= 0.3 is 0 Å². The zero-order valence-corrected chi connectivity index (χ0v) is 12.0. The second-order valence-electron chi connectivity index (χ2n) is 5.70. The predicted molar refractivity (Wildman–Crippen MR) is 80.8 cm³/mol. The van der Waals surface area contributed by atoms with Crippen LogP contribution >= 0.6 is 0 Å². The Morgan fingerprint density at radius 2 is 2.14 bits per heavy atom. The van der Waals surface area contributed by atoms with Gasteiger partial charge in [0, 0.05) is 13.0 Å². The molecule has 3 rings (SSSR count). The Bertz CT molecular complexity index is 623. The summed E-state index contributed by atoms with van der Waals surface area (Å²) in [5.41, 5.74) is 1.99. The number of carbonyl (C=O) groups excluding carboxylic acids is 1. The summed E-state index contributed by atoms with van der Waals surface area (Å²) in [6.07, 6.45) is 5.58. The van der Waals surface area contributed by atoms with Crippen molar-refractivity contribution >= 4 is 16.9 Å². The van der Waals surface area contributed by atoms with Crippen LogP contribution in [0.15, 0.2) is 30.6 Å². The number of amides is 1. The summed E-state index contributed by atoms with van der Waals surface area (Å²) >= 11 is 0. The molecule has 112 valence electrons. The minimum atomic E-state index is -0.392. The number of aryl methyl sites for hydroxylation is 1. The molecule has 2 N–H and O–H groups in total. The molecule has 0 saturated heterocycles. The van der Waals surface area contributed by atoms with Gasteiger partial charge in [0.05, 0.1) is 29.5 Å². The third-order valence-corrected chi connectivity index (χ3v) is 4.18. The minimum absolute atomic E-state index is 0.00117. The van der Waals surface area contributed by atoms with Gasteiger partial charge in [-0.2, -0.15) is 0 Å². The monoisotopic (exact) mass is 287 g/mol. The molecule has 1 saturated carbocycles. The molecule has 2 atom stereocenters. The van der Waals surface area contributed by atoms with Crippen molar-refractivity contribution in [1.29, 1.82) is 0 Å². The molecule has 5 nitrogen and oxygen atoms in total. The highest BCUT2D eigenvalue weighted by Crippen LogP contribution is 2.18. The standard InChI is InChI=1S/C16H21N3O2/c20-15-8-4-2-6-13(15)18-16(21)9-10-19-11-17-12-5-1-3-7-14(12)19/h1,3,5,7,11,13,15,20H,2,4,6,8-10H2,(H,18,21). The first kappa shape index (κ1) is 14.1. The zero-order chi connectivity index (χ0) is 14.7. The van der Waals surface area contributed by atoms with Gasteiger partial charge in [0.2, 0.25) is 5.91 Å². The number of aliphatic hydroxyl groups is 1. The van der Waals surface area contributed by atoms with E-state index in [0.29, 0.717) is 13.0 Å².